The van der Waals surface area contributed by atoms with Crippen LogP contribution >= 0.6 is 54.8 Å². The lowest BCUT2D eigenvalue weighted by atomic mass is 10.3. The van der Waals surface area contributed by atoms with Crippen LogP contribution in [0.25, 0.3) is 0 Å². The number of hydrogen-bond donors (Lipinski definition) is 1. The maximum Gasteiger partial charge on any atom is 0.266 e. The van der Waals surface area contributed by atoms with Crippen LogP contribution in [0.15, 0.2) is 38.6 Å². The molecule has 0 spiro atoms. The Bertz CT molecular complexity index is 570. The van der Waals surface area contributed by atoms with Gasteiger partial charge in [-0.05, 0) is 61.5 Å². The van der Waals surface area contributed by atoms with Gasteiger partial charge < -0.3 is 5.32 Å². The highest BCUT2D eigenvalue weighted by molar-refractivity contribution is 9.11. The molecule has 17 heavy (non-hydrogen) atoms. The molecule has 1 N–H and O–H groups in total. The van der Waals surface area contributed by atoms with Crippen molar-refractivity contribution >= 4 is 66.4 Å². The third-order valence-electron chi connectivity index (χ3n) is 2.00. The van der Waals surface area contributed by atoms with Crippen LogP contribution in [0.3, 0.4) is 0 Å². The summed E-state index contributed by atoms with van der Waals surface area (Å²) in [6.45, 7) is 0. The first-order chi connectivity index (χ1) is 8.08. The second kappa shape index (κ2) is 5.52. The van der Waals surface area contributed by atoms with E-state index < -0.39 is 0 Å². The van der Waals surface area contributed by atoms with E-state index >= 15 is 0 Å². The molecule has 1 amide bonds. The number of amides is 1. The zero-order valence-electron chi connectivity index (χ0n) is 8.34. The van der Waals surface area contributed by atoms with Gasteiger partial charge in [0.1, 0.15) is 4.88 Å². The average molecular weight is 396 g/mol. The van der Waals surface area contributed by atoms with Gasteiger partial charge in [0.25, 0.3) is 5.91 Å². The van der Waals surface area contributed by atoms with Crippen LogP contribution in [0.4, 0.5) is 5.69 Å². The third kappa shape index (κ3) is 3.10. The number of nitrogens with one attached hydrogen (secondary N) is 1. The van der Waals surface area contributed by atoms with E-state index in [1.165, 1.54) is 11.3 Å². The molecule has 0 fully saturated rings. The number of halogens is 3. The van der Waals surface area contributed by atoms with Gasteiger partial charge in [-0.1, -0.05) is 11.6 Å². The molecular formula is C11H6Br2ClNOS. The average Bonchev–Trinajstić information content (AvgIpc) is 2.70. The first kappa shape index (κ1) is 13.1. The van der Waals surface area contributed by atoms with Gasteiger partial charge in [-0.15, -0.1) is 11.3 Å². The van der Waals surface area contributed by atoms with Gasteiger partial charge in [-0.2, -0.15) is 0 Å². The highest BCUT2D eigenvalue weighted by Gasteiger charge is 2.13. The molecule has 1 aromatic carbocycles. The van der Waals surface area contributed by atoms with E-state index in [0.29, 0.717) is 15.6 Å². The molecule has 2 aromatic rings. The van der Waals surface area contributed by atoms with Crippen LogP contribution in [0.1, 0.15) is 9.67 Å². The number of hydrogen-bond acceptors (Lipinski definition) is 2. The zero-order chi connectivity index (χ0) is 12.4. The Hall–Kier alpha value is -0.360. The molecule has 0 aliphatic heterocycles. The normalized spacial score (nSPS) is 10.3. The number of carbonyl (C=O) groups is 1. The molecular weight excluding hydrogens is 389 g/mol. The first-order valence-electron chi connectivity index (χ1n) is 4.57. The third-order valence-corrected chi connectivity index (χ3v) is 4.76. The summed E-state index contributed by atoms with van der Waals surface area (Å²) in [4.78, 5) is 12.6. The lowest BCUT2D eigenvalue weighted by Crippen LogP contribution is -2.11. The fraction of sp³-hybridized carbons (Fsp3) is 0. The van der Waals surface area contributed by atoms with Gasteiger partial charge in [0.2, 0.25) is 0 Å². The second-order valence-corrected chi connectivity index (χ2v) is 6.24. The summed E-state index contributed by atoms with van der Waals surface area (Å²) in [6, 6.07) is 7.08. The van der Waals surface area contributed by atoms with E-state index in [9.17, 15) is 4.79 Å². The molecule has 1 aromatic heterocycles. The van der Waals surface area contributed by atoms with Crippen molar-refractivity contribution < 1.29 is 4.79 Å². The Kier molecular flexibility index (Phi) is 4.25. The molecule has 0 unspecified atom stereocenters. The fourth-order valence-electron chi connectivity index (χ4n) is 1.23. The number of benzene rings is 1. The van der Waals surface area contributed by atoms with Gasteiger partial charge >= 0.3 is 0 Å². The van der Waals surface area contributed by atoms with Crippen LogP contribution in [0.5, 0.6) is 0 Å². The molecule has 0 aliphatic carbocycles. The molecule has 0 radical (unpaired) electrons. The van der Waals surface area contributed by atoms with Gasteiger partial charge in [0.15, 0.2) is 0 Å². The van der Waals surface area contributed by atoms with E-state index in [4.69, 9.17) is 11.6 Å². The maximum absolute atomic E-state index is 12.0. The first-order valence-corrected chi connectivity index (χ1v) is 7.41. The lowest BCUT2D eigenvalue weighted by Gasteiger charge is -2.07. The molecule has 0 bridgehead atoms. The van der Waals surface area contributed by atoms with Crippen molar-refractivity contribution in [2.24, 2.45) is 0 Å². The largest absolute Gasteiger partial charge is 0.320 e. The van der Waals surface area contributed by atoms with Crippen LogP contribution in [0, 0.1) is 0 Å². The van der Waals surface area contributed by atoms with Gasteiger partial charge in [-0.25, -0.2) is 0 Å². The van der Waals surface area contributed by atoms with E-state index in [-0.39, 0.29) is 5.91 Å². The number of anilines is 1. The molecule has 2 nitrogen and oxygen atoms in total. The molecule has 0 atom stereocenters. The van der Waals surface area contributed by atoms with E-state index in [1.54, 1.807) is 18.2 Å². The predicted molar refractivity (Wildman–Crippen MR) is 79.1 cm³/mol. The quantitative estimate of drug-likeness (QED) is 0.746. The monoisotopic (exact) mass is 393 g/mol. The SMILES string of the molecule is O=C(Nc1cc(Cl)ccc1Br)c1sccc1Br. The molecule has 0 aliphatic rings. The van der Waals surface area contributed by atoms with Crippen molar-refractivity contribution in [1.82, 2.24) is 0 Å². The predicted octanol–water partition coefficient (Wildman–Crippen LogP) is 5.18. The summed E-state index contributed by atoms with van der Waals surface area (Å²) in [5, 5.41) is 5.24. The maximum atomic E-state index is 12.0. The molecule has 88 valence electrons. The topological polar surface area (TPSA) is 29.1 Å². The Labute approximate surface area is 124 Å². The van der Waals surface area contributed by atoms with E-state index in [0.717, 1.165) is 8.95 Å². The second-order valence-electron chi connectivity index (χ2n) is 3.18. The van der Waals surface area contributed by atoms with Gasteiger partial charge in [-0.3, -0.25) is 4.79 Å². The van der Waals surface area contributed by atoms with Crippen molar-refractivity contribution in [2.45, 2.75) is 0 Å². The number of carbonyl (C=O) groups excluding carboxylic acids is 1. The Morgan fingerprint density at radius 3 is 2.65 bits per heavy atom. The summed E-state index contributed by atoms with van der Waals surface area (Å²) in [5.74, 6) is -0.158. The summed E-state index contributed by atoms with van der Waals surface area (Å²) in [5.41, 5.74) is 0.655. The zero-order valence-corrected chi connectivity index (χ0v) is 13.1. The Morgan fingerprint density at radius 2 is 2.00 bits per heavy atom. The minimum Gasteiger partial charge on any atom is -0.320 e. The summed E-state index contributed by atoms with van der Waals surface area (Å²) in [6.07, 6.45) is 0. The molecule has 0 saturated carbocycles. The van der Waals surface area contributed by atoms with Crippen molar-refractivity contribution in [3.63, 3.8) is 0 Å². The van der Waals surface area contributed by atoms with Crippen molar-refractivity contribution in [3.8, 4) is 0 Å². The molecule has 0 saturated heterocycles. The van der Waals surface area contributed by atoms with Crippen LogP contribution in [-0.2, 0) is 0 Å². The summed E-state index contributed by atoms with van der Waals surface area (Å²) in [7, 11) is 0. The molecule has 6 heteroatoms. The van der Waals surface area contributed by atoms with Crippen molar-refractivity contribution in [3.05, 3.63) is 48.5 Å². The minimum atomic E-state index is -0.158. The van der Waals surface area contributed by atoms with Crippen LogP contribution in [-0.4, -0.2) is 5.91 Å². The Morgan fingerprint density at radius 1 is 1.24 bits per heavy atom. The highest BCUT2D eigenvalue weighted by atomic mass is 79.9. The van der Waals surface area contributed by atoms with Crippen molar-refractivity contribution in [1.29, 1.82) is 0 Å². The smallest absolute Gasteiger partial charge is 0.266 e. The lowest BCUT2D eigenvalue weighted by molar-refractivity contribution is 0.103. The highest BCUT2D eigenvalue weighted by Crippen LogP contribution is 2.28. The fourth-order valence-corrected chi connectivity index (χ4v) is 3.19. The summed E-state index contributed by atoms with van der Waals surface area (Å²) >= 11 is 13.9. The van der Waals surface area contributed by atoms with Crippen LogP contribution < -0.4 is 5.32 Å². The standard InChI is InChI=1S/C11H6Br2ClNOS/c12-7-2-1-6(14)5-9(7)15-11(16)10-8(13)3-4-17-10/h1-5H,(H,15,16). The minimum absolute atomic E-state index is 0.158. The number of thiophene rings is 1. The number of rotatable bonds is 2. The molecule has 2 rings (SSSR count). The summed E-state index contributed by atoms with van der Waals surface area (Å²) < 4.78 is 1.58. The van der Waals surface area contributed by atoms with Gasteiger partial charge in [0.05, 0.1) is 5.69 Å². The Balaban J connectivity index is 2.24. The van der Waals surface area contributed by atoms with Crippen LogP contribution in [0.2, 0.25) is 5.02 Å². The van der Waals surface area contributed by atoms with E-state index in [1.807, 2.05) is 11.4 Å². The van der Waals surface area contributed by atoms with Gasteiger partial charge in [0, 0.05) is 14.0 Å². The molecule has 1 heterocycles. The van der Waals surface area contributed by atoms with Crippen molar-refractivity contribution in [2.75, 3.05) is 5.32 Å². The van der Waals surface area contributed by atoms with E-state index in [2.05, 4.69) is 37.2 Å².